The molecule has 1 spiro atoms. The minimum atomic E-state index is -0.631. The number of nitrogens with zero attached hydrogens (tertiary/aromatic N) is 2. The van der Waals surface area contributed by atoms with Crippen LogP contribution in [0.4, 0.5) is 0 Å². The molecule has 5 heteroatoms. The summed E-state index contributed by atoms with van der Waals surface area (Å²) in [5.74, 6) is -0.616. The minimum Gasteiger partial charge on any atom is -0.360 e. The first kappa shape index (κ1) is 18.9. The van der Waals surface area contributed by atoms with E-state index >= 15 is 0 Å². The molecule has 5 rings (SSSR count). The van der Waals surface area contributed by atoms with E-state index in [1.165, 1.54) is 11.1 Å². The smallest absolute Gasteiger partial charge is 0.230 e. The van der Waals surface area contributed by atoms with Crippen LogP contribution in [-0.2, 0) is 20.9 Å². The van der Waals surface area contributed by atoms with Gasteiger partial charge in [0.15, 0.2) is 0 Å². The molecule has 5 nitrogen and oxygen atoms in total. The molecule has 3 saturated heterocycles. The summed E-state index contributed by atoms with van der Waals surface area (Å²) in [6.45, 7) is 9.52. The van der Waals surface area contributed by atoms with E-state index in [1.54, 1.807) is 0 Å². The van der Waals surface area contributed by atoms with Crippen molar-refractivity contribution in [2.45, 2.75) is 70.9 Å². The van der Waals surface area contributed by atoms with E-state index in [4.69, 9.17) is 4.74 Å². The van der Waals surface area contributed by atoms with Crippen LogP contribution in [-0.4, -0.2) is 51.9 Å². The van der Waals surface area contributed by atoms with Crippen LogP contribution in [0.5, 0.6) is 0 Å². The van der Waals surface area contributed by atoms with E-state index in [2.05, 4.69) is 45.9 Å². The average Bonchev–Trinajstić information content (AvgIpc) is 3.39. The summed E-state index contributed by atoms with van der Waals surface area (Å²) >= 11 is 0. The van der Waals surface area contributed by atoms with Crippen LogP contribution in [0.15, 0.2) is 30.4 Å². The molecule has 1 aromatic rings. The van der Waals surface area contributed by atoms with Gasteiger partial charge < -0.3 is 14.5 Å². The van der Waals surface area contributed by atoms with Crippen LogP contribution >= 0.6 is 0 Å². The fourth-order valence-electron chi connectivity index (χ4n) is 5.92. The number of hydrogen-bond acceptors (Lipinski definition) is 3. The number of hydrogen-bond donors (Lipinski definition) is 0. The summed E-state index contributed by atoms with van der Waals surface area (Å²) in [5, 5.41) is 0. The number of rotatable bonds is 3. The van der Waals surface area contributed by atoms with E-state index in [0.717, 1.165) is 18.4 Å². The number of carbonyl (C=O) groups excluding carboxylic acids is 2. The second kappa shape index (κ2) is 6.43. The standard InChI is InChI=1S/C24H30N2O3/c1-14-5-8-18(11-15(14)2)12-25-13-24-10-9-19(29-24)20(21(24)23(25)28)22(27)26-16(3)6-7-17(26)4/h5,8-11,16-17,19-21H,6-7,12-13H2,1-4H3/t16-,17+,19-,20?,21?,24-/m1/s1. The van der Waals surface area contributed by atoms with Gasteiger partial charge in [-0.1, -0.05) is 30.4 Å². The molecule has 1 aromatic carbocycles. The molecule has 0 radical (unpaired) electrons. The van der Waals surface area contributed by atoms with E-state index in [-0.39, 0.29) is 35.9 Å². The quantitative estimate of drug-likeness (QED) is 0.741. The Balaban J connectivity index is 1.41. The fourth-order valence-corrected chi connectivity index (χ4v) is 5.92. The molecule has 4 aliphatic rings. The Morgan fingerprint density at radius 1 is 1.17 bits per heavy atom. The summed E-state index contributed by atoms with van der Waals surface area (Å²) in [7, 11) is 0. The third-order valence-electron chi connectivity index (χ3n) is 7.62. The summed E-state index contributed by atoms with van der Waals surface area (Å²) in [5.41, 5.74) is 2.98. The van der Waals surface area contributed by atoms with Crippen molar-refractivity contribution in [3.05, 3.63) is 47.0 Å². The number of benzene rings is 1. The lowest BCUT2D eigenvalue weighted by Crippen LogP contribution is -2.49. The Morgan fingerprint density at radius 2 is 1.90 bits per heavy atom. The van der Waals surface area contributed by atoms with Crippen LogP contribution in [0.3, 0.4) is 0 Å². The Kier molecular flexibility index (Phi) is 4.18. The highest BCUT2D eigenvalue weighted by atomic mass is 16.5. The number of fused-ring (bicyclic) bond motifs is 1. The van der Waals surface area contributed by atoms with Gasteiger partial charge in [-0.05, 0) is 57.2 Å². The van der Waals surface area contributed by atoms with Crippen molar-refractivity contribution in [1.82, 2.24) is 9.80 Å². The van der Waals surface area contributed by atoms with Gasteiger partial charge in [0.1, 0.15) is 5.60 Å². The lowest BCUT2D eigenvalue weighted by atomic mass is 9.76. The molecular weight excluding hydrogens is 364 g/mol. The number of likely N-dealkylation sites (tertiary alicyclic amines) is 2. The van der Waals surface area contributed by atoms with Crippen molar-refractivity contribution in [2.75, 3.05) is 6.54 Å². The van der Waals surface area contributed by atoms with Crippen molar-refractivity contribution in [1.29, 1.82) is 0 Å². The second-order valence-corrected chi connectivity index (χ2v) is 9.53. The molecule has 0 saturated carbocycles. The zero-order valence-electron chi connectivity index (χ0n) is 17.7. The Hall–Kier alpha value is -2.14. The topological polar surface area (TPSA) is 49.9 Å². The number of aryl methyl sites for hydroxylation is 2. The maximum atomic E-state index is 13.5. The van der Waals surface area contributed by atoms with E-state index in [1.807, 2.05) is 22.0 Å². The average molecular weight is 395 g/mol. The van der Waals surface area contributed by atoms with Crippen molar-refractivity contribution in [2.24, 2.45) is 11.8 Å². The zero-order chi connectivity index (χ0) is 20.5. The molecule has 2 amide bonds. The molecule has 4 heterocycles. The van der Waals surface area contributed by atoms with Crippen LogP contribution in [0.2, 0.25) is 0 Å². The highest BCUT2D eigenvalue weighted by Gasteiger charge is 2.67. The third kappa shape index (κ3) is 2.70. The van der Waals surface area contributed by atoms with Gasteiger partial charge in [0.05, 0.1) is 24.5 Å². The Labute approximate surface area is 172 Å². The highest BCUT2D eigenvalue weighted by Crippen LogP contribution is 2.53. The van der Waals surface area contributed by atoms with Gasteiger partial charge in [0, 0.05) is 18.6 Å². The van der Waals surface area contributed by atoms with Crippen molar-refractivity contribution >= 4 is 11.8 Å². The lowest BCUT2D eigenvalue weighted by Gasteiger charge is -2.32. The molecule has 29 heavy (non-hydrogen) atoms. The van der Waals surface area contributed by atoms with Gasteiger partial charge in [0.2, 0.25) is 11.8 Å². The predicted octanol–water partition coefficient (Wildman–Crippen LogP) is 2.98. The molecule has 6 atom stereocenters. The van der Waals surface area contributed by atoms with Crippen molar-refractivity contribution in [3.63, 3.8) is 0 Å². The summed E-state index contributed by atoms with van der Waals surface area (Å²) in [6.07, 6.45) is 5.85. The number of carbonyl (C=O) groups is 2. The molecular formula is C24H30N2O3. The van der Waals surface area contributed by atoms with E-state index in [0.29, 0.717) is 13.1 Å². The molecule has 2 bridgehead atoms. The van der Waals surface area contributed by atoms with Crippen molar-refractivity contribution in [3.8, 4) is 0 Å². The number of amides is 2. The first-order valence-corrected chi connectivity index (χ1v) is 10.8. The fraction of sp³-hybridized carbons (Fsp3) is 0.583. The van der Waals surface area contributed by atoms with Crippen LogP contribution in [0.1, 0.15) is 43.4 Å². The predicted molar refractivity (Wildman–Crippen MR) is 110 cm³/mol. The molecule has 0 N–H and O–H groups in total. The summed E-state index contributed by atoms with van der Waals surface area (Å²) in [4.78, 5) is 30.9. The zero-order valence-corrected chi connectivity index (χ0v) is 17.7. The molecule has 2 unspecified atom stereocenters. The molecule has 3 fully saturated rings. The maximum Gasteiger partial charge on any atom is 0.230 e. The SMILES string of the molecule is Cc1ccc(CN2C[C@@]34C=C[C@@H](O3)C(C(=O)N3[C@H](C)CC[C@@H]3C)C4C2=O)cc1C. The van der Waals surface area contributed by atoms with Gasteiger partial charge >= 0.3 is 0 Å². The number of ether oxygens (including phenoxy) is 1. The van der Waals surface area contributed by atoms with Crippen LogP contribution < -0.4 is 0 Å². The highest BCUT2D eigenvalue weighted by molar-refractivity contribution is 5.93. The van der Waals surface area contributed by atoms with Gasteiger partial charge in [-0.15, -0.1) is 0 Å². The van der Waals surface area contributed by atoms with Crippen LogP contribution in [0, 0.1) is 25.7 Å². The van der Waals surface area contributed by atoms with Crippen LogP contribution in [0.25, 0.3) is 0 Å². The minimum absolute atomic E-state index is 0.0629. The lowest BCUT2D eigenvalue weighted by molar-refractivity contribution is -0.145. The monoisotopic (exact) mass is 394 g/mol. The second-order valence-electron chi connectivity index (χ2n) is 9.53. The maximum absolute atomic E-state index is 13.5. The Morgan fingerprint density at radius 3 is 2.59 bits per heavy atom. The normalized spacial score (nSPS) is 37.7. The van der Waals surface area contributed by atoms with E-state index < -0.39 is 11.5 Å². The molecule has 4 aliphatic heterocycles. The van der Waals surface area contributed by atoms with Gasteiger partial charge in [-0.25, -0.2) is 0 Å². The van der Waals surface area contributed by atoms with Gasteiger partial charge in [0.25, 0.3) is 0 Å². The summed E-state index contributed by atoms with van der Waals surface area (Å²) in [6, 6.07) is 6.82. The van der Waals surface area contributed by atoms with Crippen molar-refractivity contribution < 1.29 is 14.3 Å². The molecule has 154 valence electrons. The molecule has 0 aliphatic carbocycles. The largest absolute Gasteiger partial charge is 0.360 e. The third-order valence-corrected chi connectivity index (χ3v) is 7.62. The van der Waals surface area contributed by atoms with Gasteiger partial charge in [-0.3, -0.25) is 9.59 Å². The Bertz CT molecular complexity index is 899. The van der Waals surface area contributed by atoms with E-state index in [9.17, 15) is 9.59 Å². The van der Waals surface area contributed by atoms with Gasteiger partial charge in [-0.2, -0.15) is 0 Å². The first-order valence-electron chi connectivity index (χ1n) is 10.8. The first-order chi connectivity index (χ1) is 13.8. The molecule has 0 aromatic heterocycles. The summed E-state index contributed by atoms with van der Waals surface area (Å²) < 4.78 is 6.31.